The fourth-order valence-electron chi connectivity index (χ4n) is 1.62. The van der Waals surface area contributed by atoms with Crippen LogP contribution in [-0.4, -0.2) is 4.98 Å². The van der Waals surface area contributed by atoms with Crippen molar-refractivity contribution in [3.8, 4) is 6.07 Å². The van der Waals surface area contributed by atoms with Gasteiger partial charge < -0.3 is 5.32 Å². The first-order chi connectivity index (χ1) is 8.79. The Kier molecular flexibility index (Phi) is 4.00. The van der Waals surface area contributed by atoms with Crippen molar-refractivity contribution in [3.05, 3.63) is 65.2 Å². The highest BCUT2D eigenvalue weighted by molar-refractivity contribution is 5.33. The molecule has 2 rings (SSSR count). The molecule has 0 bridgehead atoms. The summed E-state index contributed by atoms with van der Waals surface area (Å²) in [4.78, 5) is 4.00. The van der Waals surface area contributed by atoms with Gasteiger partial charge in [0.1, 0.15) is 5.82 Å². The van der Waals surface area contributed by atoms with Gasteiger partial charge in [0.05, 0.1) is 11.6 Å². The van der Waals surface area contributed by atoms with E-state index in [0.717, 1.165) is 5.56 Å². The Labute approximate surface area is 105 Å². The standard InChI is InChI=1S/C14H12FN3/c15-14-4-3-11(7-16)6-13(14)10-18-9-12-2-1-5-17-8-12/h1-6,8,18H,9-10H2. The number of hydrogen-bond acceptors (Lipinski definition) is 3. The lowest BCUT2D eigenvalue weighted by Crippen LogP contribution is -2.14. The average Bonchev–Trinajstić information content (AvgIpc) is 2.42. The van der Waals surface area contributed by atoms with E-state index in [1.165, 1.54) is 12.1 Å². The van der Waals surface area contributed by atoms with Crippen molar-refractivity contribution < 1.29 is 4.39 Å². The lowest BCUT2D eigenvalue weighted by atomic mass is 10.1. The summed E-state index contributed by atoms with van der Waals surface area (Å²) in [7, 11) is 0. The number of hydrogen-bond donors (Lipinski definition) is 1. The molecule has 0 spiro atoms. The molecule has 90 valence electrons. The summed E-state index contributed by atoms with van der Waals surface area (Å²) in [6, 6.07) is 10.2. The number of aromatic nitrogens is 1. The summed E-state index contributed by atoms with van der Waals surface area (Å²) in [5.41, 5.74) is 2.00. The zero-order valence-electron chi connectivity index (χ0n) is 9.73. The molecule has 0 saturated heterocycles. The van der Waals surface area contributed by atoms with E-state index in [0.29, 0.717) is 24.2 Å². The molecule has 18 heavy (non-hydrogen) atoms. The molecule has 0 saturated carbocycles. The third kappa shape index (κ3) is 3.12. The number of rotatable bonds is 4. The summed E-state index contributed by atoms with van der Waals surface area (Å²) >= 11 is 0. The van der Waals surface area contributed by atoms with Crippen LogP contribution in [0.25, 0.3) is 0 Å². The van der Waals surface area contributed by atoms with Crippen molar-refractivity contribution in [2.45, 2.75) is 13.1 Å². The molecule has 1 heterocycles. The van der Waals surface area contributed by atoms with E-state index in [2.05, 4.69) is 10.3 Å². The summed E-state index contributed by atoms with van der Waals surface area (Å²) in [5.74, 6) is -0.298. The highest BCUT2D eigenvalue weighted by Gasteiger charge is 2.03. The van der Waals surface area contributed by atoms with Crippen molar-refractivity contribution in [1.82, 2.24) is 10.3 Å². The number of benzene rings is 1. The molecule has 0 aliphatic rings. The van der Waals surface area contributed by atoms with Crippen molar-refractivity contribution in [1.29, 1.82) is 5.26 Å². The first kappa shape index (κ1) is 12.2. The molecule has 3 nitrogen and oxygen atoms in total. The van der Waals surface area contributed by atoms with Crippen LogP contribution >= 0.6 is 0 Å². The molecule has 0 atom stereocenters. The van der Waals surface area contributed by atoms with E-state index in [-0.39, 0.29) is 5.82 Å². The Morgan fingerprint density at radius 1 is 1.28 bits per heavy atom. The highest BCUT2D eigenvalue weighted by Crippen LogP contribution is 2.10. The van der Waals surface area contributed by atoms with Gasteiger partial charge in [0, 0.05) is 31.0 Å². The van der Waals surface area contributed by atoms with Gasteiger partial charge >= 0.3 is 0 Å². The van der Waals surface area contributed by atoms with Gasteiger partial charge in [-0.05, 0) is 29.8 Å². The molecular weight excluding hydrogens is 229 g/mol. The second-order valence-corrected chi connectivity index (χ2v) is 3.88. The molecule has 4 heteroatoms. The molecule has 1 aromatic heterocycles. The second kappa shape index (κ2) is 5.89. The molecule has 0 aliphatic carbocycles. The zero-order valence-corrected chi connectivity index (χ0v) is 9.73. The smallest absolute Gasteiger partial charge is 0.127 e. The van der Waals surface area contributed by atoms with Gasteiger partial charge in [-0.3, -0.25) is 4.98 Å². The summed E-state index contributed by atoms with van der Waals surface area (Å²) in [5, 5.41) is 11.9. The minimum Gasteiger partial charge on any atom is -0.308 e. The Bertz CT molecular complexity index is 561. The second-order valence-electron chi connectivity index (χ2n) is 3.88. The van der Waals surface area contributed by atoms with Gasteiger partial charge in [0.15, 0.2) is 0 Å². The highest BCUT2D eigenvalue weighted by atomic mass is 19.1. The lowest BCUT2D eigenvalue weighted by Gasteiger charge is -2.06. The summed E-state index contributed by atoms with van der Waals surface area (Å²) in [6.07, 6.45) is 3.47. The lowest BCUT2D eigenvalue weighted by molar-refractivity contribution is 0.587. The zero-order chi connectivity index (χ0) is 12.8. The number of pyridine rings is 1. The maximum atomic E-state index is 13.5. The average molecular weight is 241 g/mol. The SMILES string of the molecule is N#Cc1ccc(F)c(CNCc2cccnc2)c1. The molecule has 2 aromatic rings. The van der Waals surface area contributed by atoms with Crippen molar-refractivity contribution in [3.63, 3.8) is 0 Å². The fourth-order valence-corrected chi connectivity index (χ4v) is 1.62. The minimum atomic E-state index is -0.298. The van der Waals surface area contributed by atoms with Crippen LogP contribution in [0.2, 0.25) is 0 Å². The number of nitrogens with zero attached hydrogens (tertiary/aromatic N) is 2. The van der Waals surface area contributed by atoms with E-state index in [1.54, 1.807) is 18.5 Å². The third-order valence-electron chi connectivity index (χ3n) is 2.54. The van der Waals surface area contributed by atoms with Crippen LogP contribution in [0.1, 0.15) is 16.7 Å². The molecule has 1 aromatic carbocycles. The number of nitriles is 1. The van der Waals surface area contributed by atoms with Gasteiger partial charge in [-0.25, -0.2) is 4.39 Å². The van der Waals surface area contributed by atoms with Crippen LogP contribution in [0.5, 0.6) is 0 Å². The van der Waals surface area contributed by atoms with Crippen LogP contribution in [0.4, 0.5) is 4.39 Å². The van der Waals surface area contributed by atoms with Gasteiger partial charge in [-0.15, -0.1) is 0 Å². The van der Waals surface area contributed by atoms with Crippen LogP contribution in [-0.2, 0) is 13.1 Å². The number of halogens is 1. The summed E-state index contributed by atoms with van der Waals surface area (Å²) in [6.45, 7) is 1.00. The molecule has 0 radical (unpaired) electrons. The largest absolute Gasteiger partial charge is 0.308 e. The van der Waals surface area contributed by atoms with Crippen molar-refractivity contribution in [2.75, 3.05) is 0 Å². The first-order valence-electron chi connectivity index (χ1n) is 5.58. The minimum absolute atomic E-state index is 0.298. The van der Waals surface area contributed by atoms with Gasteiger partial charge in [0.25, 0.3) is 0 Å². The van der Waals surface area contributed by atoms with Crippen LogP contribution < -0.4 is 5.32 Å². The third-order valence-corrected chi connectivity index (χ3v) is 2.54. The van der Waals surface area contributed by atoms with E-state index in [1.807, 2.05) is 18.2 Å². The Morgan fingerprint density at radius 2 is 2.17 bits per heavy atom. The Morgan fingerprint density at radius 3 is 2.89 bits per heavy atom. The monoisotopic (exact) mass is 241 g/mol. The molecule has 0 aliphatic heterocycles. The van der Waals surface area contributed by atoms with Crippen LogP contribution in [0, 0.1) is 17.1 Å². The number of nitrogens with one attached hydrogen (secondary N) is 1. The van der Waals surface area contributed by atoms with Gasteiger partial charge in [-0.1, -0.05) is 6.07 Å². The van der Waals surface area contributed by atoms with E-state index in [9.17, 15) is 4.39 Å². The fraction of sp³-hybridized carbons (Fsp3) is 0.143. The Balaban J connectivity index is 1.96. The van der Waals surface area contributed by atoms with E-state index in [4.69, 9.17) is 5.26 Å². The van der Waals surface area contributed by atoms with Gasteiger partial charge in [-0.2, -0.15) is 5.26 Å². The predicted octanol–water partition coefficient (Wildman–Crippen LogP) is 2.38. The summed E-state index contributed by atoms with van der Waals surface area (Å²) < 4.78 is 13.5. The van der Waals surface area contributed by atoms with E-state index < -0.39 is 0 Å². The first-order valence-corrected chi connectivity index (χ1v) is 5.58. The Hall–Kier alpha value is -2.25. The van der Waals surface area contributed by atoms with Crippen molar-refractivity contribution >= 4 is 0 Å². The predicted molar refractivity (Wildman–Crippen MR) is 65.9 cm³/mol. The van der Waals surface area contributed by atoms with Crippen LogP contribution in [0.3, 0.4) is 0 Å². The maximum Gasteiger partial charge on any atom is 0.127 e. The molecule has 0 amide bonds. The quantitative estimate of drug-likeness (QED) is 0.894. The van der Waals surface area contributed by atoms with E-state index >= 15 is 0 Å². The van der Waals surface area contributed by atoms with Gasteiger partial charge in [0.2, 0.25) is 0 Å². The molecule has 0 unspecified atom stereocenters. The van der Waals surface area contributed by atoms with Crippen LogP contribution in [0.15, 0.2) is 42.7 Å². The van der Waals surface area contributed by atoms with Crippen molar-refractivity contribution in [2.24, 2.45) is 0 Å². The molecule has 1 N–H and O–H groups in total. The topological polar surface area (TPSA) is 48.7 Å². The maximum absolute atomic E-state index is 13.5. The molecular formula is C14H12FN3. The molecule has 0 fully saturated rings. The normalized spacial score (nSPS) is 10.0.